The number of fused-ring (bicyclic) bond motifs is 1. The Bertz CT molecular complexity index is 1080. The molecule has 1 N–H and O–H groups in total. The number of Topliss-reactive ketones (excluding diaryl/α,β-unsaturated/α-hetero) is 1. The number of rotatable bonds is 9. The molecular weight excluding hydrogens is 433 g/mol. The summed E-state index contributed by atoms with van der Waals surface area (Å²) in [5, 5.41) is 11.4. The highest BCUT2D eigenvalue weighted by molar-refractivity contribution is 6.41. The molecule has 2 aromatic heterocycles. The predicted octanol–water partition coefficient (Wildman–Crippen LogP) is 6.04. The number of aromatic nitrogens is 3. The van der Waals surface area contributed by atoms with Gasteiger partial charge in [0.1, 0.15) is 22.3 Å². The van der Waals surface area contributed by atoms with Crippen LogP contribution >= 0.6 is 23.2 Å². The summed E-state index contributed by atoms with van der Waals surface area (Å²) < 4.78 is 2.21. The van der Waals surface area contributed by atoms with Crippen LogP contribution in [0.3, 0.4) is 0 Å². The Labute approximate surface area is 192 Å². The molecule has 31 heavy (non-hydrogen) atoms. The Morgan fingerprint density at radius 2 is 1.94 bits per heavy atom. The number of hydrogen-bond donors (Lipinski definition) is 1. The number of benzene rings is 1. The normalized spacial score (nSPS) is 16.3. The number of aliphatic hydroxyl groups is 1. The van der Waals surface area contributed by atoms with E-state index < -0.39 is 5.60 Å². The quantitative estimate of drug-likeness (QED) is 0.312. The Morgan fingerprint density at radius 3 is 2.61 bits per heavy atom. The van der Waals surface area contributed by atoms with Gasteiger partial charge in [-0.05, 0) is 50.7 Å². The number of ketones is 1. The second-order valence-corrected chi connectivity index (χ2v) is 9.41. The summed E-state index contributed by atoms with van der Waals surface area (Å²) in [4.78, 5) is 21.7. The van der Waals surface area contributed by atoms with E-state index in [1.807, 2.05) is 30.3 Å². The molecule has 1 fully saturated rings. The smallest absolute Gasteiger partial charge is 0.162 e. The van der Waals surface area contributed by atoms with Gasteiger partial charge in [-0.1, -0.05) is 53.5 Å². The molecule has 1 aliphatic rings. The first-order valence-electron chi connectivity index (χ1n) is 10.9. The van der Waals surface area contributed by atoms with Crippen molar-refractivity contribution in [3.8, 4) is 0 Å². The average Bonchev–Trinajstić information content (AvgIpc) is 3.02. The number of aryl methyl sites for hydroxylation is 1. The van der Waals surface area contributed by atoms with Gasteiger partial charge in [0.05, 0.1) is 10.6 Å². The maximum atomic E-state index is 12.5. The minimum atomic E-state index is -1.14. The maximum Gasteiger partial charge on any atom is 0.162 e. The molecule has 7 heteroatoms. The van der Waals surface area contributed by atoms with Gasteiger partial charge in [-0.3, -0.25) is 4.79 Å². The lowest BCUT2D eigenvalue weighted by Gasteiger charge is -2.28. The molecule has 1 aliphatic carbocycles. The molecule has 0 amide bonds. The van der Waals surface area contributed by atoms with E-state index in [-0.39, 0.29) is 12.2 Å². The third-order valence-corrected chi connectivity index (χ3v) is 6.81. The van der Waals surface area contributed by atoms with Crippen molar-refractivity contribution in [1.82, 2.24) is 14.5 Å². The Hall–Kier alpha value is -1.95. The first-order chi connectivity index (χ1) is 14.8. The molecule has 5 nitrogen and oxygen atoms in total. The van der Waals surface area contributed by atoms with Gasteiger partial charge in [0, 0.05) is 25.3 Å². The van der Waals surface area contributed by atoms with Gasteiger partial charge in [-0.2, -0.15) is 0 Å². The van der Waals surface area contributed by atoms with Crippen molar-refractivity contribution < 1.29 is 9.90 Å². The number of pyridine rings is 1. The fourth-order valence-electron chi connectivity index (χ4n) is 4.20. The van der Waals surface area contributed by atoms with Gasteiger partial charge in [0.2, 0.25) is 0 Å². The molecule has 4 rings (SSSR count). The number of carbonyl (C=O) groups is 1. The fourth-order valence-corrected chi connectivity index (χ4v) is 4.48. The minimum absolute atomic E-state index is 0.0709. The lowest BCUT2D eigenvalue weighted by atomic mass is 9.89. The van der Waals surface area contributed by atoms with Crippen molar-refractivity contribution in [3.63, 3.8) is 0 Å². The van der Waals surface area contributed by atoms with E-state index in [0.29, 0.717) is 22.6 Å². The molecular formula is C24H27Cl2N3O2. The van der Waals surface area contributed by atoms with Crippen LogP contribution in [0.5, 0.6) is 0 Å². The van der Waals surface area contributed by atoms with Crippen LogP contribution in [0.15, 0.2) is 36.4 Å². The van der Waals surface area contributed by atoms with Gasteiger partial charge >= 0.3 is 0 Å². The molecule has 0 saturated heterocycles. The second-order valence-electron chi connectivity index (χ2n) is 8.65. The molecule has 3 aromatic rings. The third-order valence-electron chi connectivity index (χ3n) is 6.13. The van der Waals surface area contributed by atoms with E-state index >= 15 is 0 Å². The summed E-state index contributed by atoms with van der Waals surface area (Å²) in [5.41, 5.74) is 1.19. The van der Waals surface area contributed by atoms with Crippen LogP contribution < -0.4 is 0 Å². The summed E-state index contributed by atoms with van der Waals surface area (Å²) in [6, 6.07) is 11.5. The Morgan fingerprint density at radius 1 is 1.19 bits per heavy atom. The first-order valence-corrected chi connectivity index (χ1v) is 11.6. The van der Waals surface area contributed by atoms with Gasteiger partial charge in [0.25, 0.3) is 0 Å². The third kappa shape index (κ3) is 4.94. The number of hydrogen-bond acceptors (Lipinski definition) is 4. The summed E-state index contributed by atoms with van der Waals surface area (Å²) in [6.07, 6.45) is 6.39. The number of unbranched alkanes of at least 4 members (excludes halogenated alkanes) is 1. The molecule has 1 atom stereocenters. The molecule has 0 radical (unpaired) electrons. The summed E-state index contributed by atoms with van der Waals surface area (Å²) in [7, 11) is 0. The zero-order chi connectivity index (χ0) is 22.0. The zero-order valence-electron chi connectivity index (χ0n) is 17.7. The Balaban J connectivity index is 1.37. The van der Waals surface area contributed by atoms with Crippen LogP contribution in [-0.2, 0) is 16.8 Å². The van der Waals surface area contributed by atoms with E-state index in [0.717, 1.165) is 54.7 Å². The highest BCUT2D eigenvalue weighted by Gasteiger charge is 2.27. The number of carbonyl (C=O) groups excluding carboxylic acids is 1. The number of halogens is 2. The van der Waals surface area contributed by atoms with Gasteiger partial charge < -0.3 is 9.67 Å². The predicted molar refractivity (Wildman–Crippen MR) is 124 cm³/mol. The maximum absolute atomic E-state index is 12.5. The SMILES string of the molecule is CC(O)(CC(=O)CCCCc1nc2cc(Cl)c(Cl)nc2n1C1CCC1)c1ccccc1. The lowest BCUT2D eigenvalue weighted by Crippen LogP contribution is -2.25. The standard InChI is InChI=1S/C24H27Cl2N3O2/c1-24(31,16-8-3-2-4-9-16)15-18(30)12-5-6-13-21-27-20-14-19(25)22(26)28-23(20)29(21)17-10-7-11-17/h2-4,8-9,14,17,31H,5-7,10-13,15H2,1H3. The number of nitrogens with zero attached hydrogens (tertiary/aromatic N) is 3. The van der Waals surface area contributed by atoms with E-state index in [1.165, 1.54) is 6.42 Å². The molecule has 0 bridgehead atoms. The van der Waals surface area contributed by atoms with Crippen LogP contribution in [0.1, 0.15) is 69.3 Å². The summed E-state index contributed by atoms with van der Waals surface area (Å²) >= 11 is 12.3. The molecule has 164 valence electrons. The monoisotopic (exact) mass is 459 g/mol. The fraction of sp³-hybridized carbons (Fsp3) is 0.458. The molecule has 0 aliphatic heterocycles. The van der Waals surface area contributed by atoms with Gasteiger partial charge in [-0.15, -0.1) is 0 Å². The van der Waals surface area contributed by atoms with E-state index in [2.05, 4.69) is 9.55 Å². The Kier molecular flexibility index (Phi) is 6.65. The van der Waals surface area contributed by atoms with Crippen molar-refractivity contribution in [2.45, 2.75) is 69.9 Å². The first kappa shape index (κ1) is 22.3. The van der Waals surface area contributed by atoms with Crippen LogP contribution in [0.2, 0.25) is 10.2 Å². The molecule has 1 saturated carbocycles. The van der Waals surface area contributed by atoms with Gasteiger partial charge in [0.15, 0.2) is 5.65 Å². The van der Waals surface area contributed by atoms with Gasteiger partial charge in [-0.25, -0.2) is 9.97 Å². The van der Waals surface area contributed by atoms with Crippen molar-refractivity contribution in [3.05, 3.63) is 58.0 Å². The van der Waals surface area contributed by atoms with Crippen molar-refractivity contribution in [2.24, 2.45) is 0 Å². The highest BCUT2D eigenvalue weighted by atomic mass is 35.5. The highest BCUT2D eigenvalue weighted by Crippen LogP contribution is 2.36. The van der Waals surface area contributed by atoms with E-state index in [4.69, 9.17) is 28.2 Å². The summed E-state index contributed by atoms with van der Waals surface area (Å²) in [6.45, 7) is 1.70. The van der Waals surface area contributed by atoms with Crippen molar-refractivity contribution >= 4 is 40.1 Å². The number of imidazole rings is 1. The lowest BCUT2D eigenvalue weighted by molar-refractivity contribution is -0.123. The van der Waals surface area contributed by atoms with E-state index in [9.17, 15) is 9.90 Å². The molecule has 2 heterocycles. The van der Waals surface area contributed by atoms with Crippen LogP contribution in [0, 0.1) is 0 Å². The van der Waals surface area contributed by atoms with Crippen molar-refractivity contribution in [1.29, 1.82) is 0 Å². The molecule has 1 aromatic carbocycles. The minimum Gasteiger partial charge on any atom is -0.385 e. The molecule has 1 unspecified atom stereocenters. The largest absolute Gasteiger partial charge is 0.385 e. The van der Waals surface area contributed by atoms with Crippen LogP contribution in [0.4, 0.5) is 0 Å². The average molecular weight is 460 g/mol. The van der Waals surface area contributed by atoms with Crippen LogP contribution in [0.25, 0.3) is 11.2 Å². The summed E-state index contributed by atoms with van der Waals surface area (Å²) in [5.74, 6) is 1.05. The van der Waals surface area contributed by atoms with Crippen LogP contribution in [-0.4, -0.2) is 25.4 Å². The topological polar surface area (TPSA) is 68.0 Å². The second kappa shape index (κ2) is 9.27. The van der Waals surface area contributed by atoms with E-state index in [1.54, 1.807) is 13.0 Å². The molecule has 0 spiro atoms. The zero-order valence-corrected chi connectivity index (χ0v) is 19.2. The van der Waals surface area contributed by atoms with Crippen molar-refractivity contribution in [2.75, 3.05) is 0 Å².